The van der Waals surface area contributed by atoms with Crippen molar-refractivity contribution in [3.05, 3.63) is 190 Å². The highest BCUT2D eigenvalue weighted by Gasteiger charge is 2.25. The van der Waals surface area contributed by atoms with E-state index in [2.05, 4.69) is 78.3 Å². The number of aromatic amines is 1. The summed E-state index contributed by atoms with van der Waals surface area (Å²) in [6.07, 6.45) is 0. The zero-order chi connectivity index (χ0) is 43.5. The van der Waals surface area contributed by atoms with Gasteiger partial charge in [-0.15, -0.1) is 12.4 Å². The summed E-state index contributed by atoms with van der Waals surface area (Å²) in [5.74, 6) is -0.756. The summed E-state index contributed by atoms with van der Waals surface area (Å²) in [4.78, 5) is 19.6. The molecule has 1 N–H and O–H groups in total. The van der Waals surface area contributed by atoms with Crippen LogP contribution in [0.2, 0.25) is 0 Å². The van der Waals surface area contributed by atoms with E-state index in [0.29, 0.717) is 10.9 Å². The molecule has 344 valence electrons. The predicted octanol–water partition coefficient (Wildman–Crippen LogP) is 10.6. The second kappa shape index (κ2) is 24.2. The first-order valence-corrected chi connectivity index (χ1v) is 22.0. The number of hydrogen-bond acceptors (Lipinski definition) is 9. The first-order chi connectivity index (χ1) is 30.0. The van der Waals surface area contributed by atoms with E-state index in [0.717, 1.165) is 88.5 Å². The molecule has 0 spiro atoms. The van der Waals surface area contributed by atoms with Gasteiger partial charge in [0.05, 0.1) is 15.3 Å². The maximum Gasteiger partial charge on any atom is 0.269 e. The van der Waals surface area contributed by atoms with Crippen molar-refractivity contribution < 1.29 is 22.1 Å². The number of nitro groups is 1. The van der Waals surface area contributed by atoms with Crippen LogP contribution in [-0.2, 0) is 22.9 Å². The monoisotopic (exact) mass is 925 g/mol. The molecule has 0 amide bonds. The molecule has 0 bridgehead atoms. The second-order valence-corrected chi connectivity index (χ2v) is 17.2. The molecule has 65 heavy (non-hydrogen) atoms. The first-order valence-electron chi connectivity index (χ1n) is 20.5. The highest BCUT2D eigenvalue weighted by Crippen LogP contribution is 2.30. The molecule has 2 aliphatic heterocycles. The van der Waals surface area contributed by atoms with Gasteiger partial charge < -0.3 is 9.80 Å². The van der Waals surface area contributed by atoms with Crippen LogP contribution in [0.3, 0.4) is 0 Å². The maximum absolute atomic E-state index is 13.6. The molecule has 0 atom stereocenters. The Kier molecular flexibility index (Phi) is 19.2. The minimum atomic E-state index is -3.92. The van der Waals surface area contributed by atoms with Crippen molar-refractivity contribution in [3.63, 3.8) is 0 Å². The van der Waals surface area contributed by atoms with Crippen LogP contribution in [0.5, 0.6) is 0 Å². The van der Waals surface area contributed by atoms with Crippen molar-refractivity contribution in [3.8, 4) is 0 Å². The number of anilines is 2. The molecule has 2 aliphatic rings. The molecule has 0 unspecified atom stereocenters. The van der Waals surface area contributed by atoms with E-state index in [4.69, 9.17) is 0 Å². The molecule has 7 aromatic rings. The van der Waals surface area contributed by atoms with Crippen LogP contribution in [0.4, 0.5) is 25.8 Å². The van der Waals surface area contributed by atoms with Gasteiger partial charge in [0.1, 0.15) is 11.6 Å². The number of aromatic nitrogens is 2. The SMILES string of the molecule is C.C.Cc1cccc(F)c1.Cl.O=S(=O)(c1cccc(F)c1)c1[nH]nc2ccc(N3CCN(Cc4ccccc4)CC3)cc12.O=[N+]([O-])c1ccc(N2CCN(Cc3ccccc3)CC2)cc1. The first kappa shape index (κ1) is 51.4. The van der Waals surface area contributed by atoms with E-state index >= 15 is 0 Å². The maximum atomic E-state index is 13.6. The van der Waals surface area contributed by atoms with Crippen molar-refractivity contribution in [2.75, 3.05) is 62.2 Å². The Morgan fingerprint density at radius 3 is 1.58 bits per heavy atom. The standard InChI is InChI=1S/C24H23FN4O2S.C17H19N3O2.C7H7F.2CH4.ClH/c25-19-7-4-8-21(15-19)32(30,31)24-22-16-20(9-10-23(22)26-27-24)29-13-11-28(12-14-29)17-18-5-2-1-3-6-18;21-20(22)17-8-6-16(7-9-17)19-12-10-18(11-13-19)14-15-4-2-1-3-5-15;1-6-3-2-4-7(8)5-6;;;/h1-10,15-16H,11-14,17H2,(H,26,27);1-9H,10-14H2;2-5H,1H3;2*1H4;1H. The molecule has 3 heterocycles. The third kappa shape index (κ3) is 13.9. The average molecular weight is 927 g/mol. The largest absolute Gasteiger partial charge is 0.369 e. The Bertz CT molecular complexity index is 2640. The Morgan fingerprint density at radius 2 is 1.11 bits per heavy atom. The number of halogens is 3. The molecular formula is C50H58ClF2N7O4S. The number of piperazine rings is 2. The van der Waals surface area contributed by atoms with Crippen LogP contribution in [0, 0.1) is 28.7 Å². The second-order valence-electron chi connectivity index (χ2n) is 15.3. The molecular weight excluding hydrogens is 868 g/mol. The number of aryl methyl sites for hydroxylation is 1. The Hall–Kier alpha value is -6.19. The molecule has 0 saturated carbocycles. The predicted molar refractivity (Wildman–Crippen MR) is 261 cm³/mol. The van der Waals surface area contributed by atoms with Crippen LogP contribution in [0.1, 0.15) is 31.5 Å². The molecule has 9 rings (SSSR count). The van der Waals surface area contributed by atoms with Crippen LogP contribution in [0.25, 0.3) is 10.9 Å². The summed E-state index contributed by atoms with van der Waals surface area (Å²) in [5.41, 5.74) is 6.32. The lowest BCUT2D eigenvalue weighted by Gasteiger charge is -2.36. The number of sulfone groups is 1. The van der Waals surface area contributed by atoms with Crippen LogP contribution in [0.15, 0.2) is 162 Å². The van der Waals surface area contributed by atoms with Crippen molar-refractivity contribution in [2.45, 2.75) is 44.8 Å². The van der Waals surface area contributed by atoms with Gasteiger partial charge in [-0.1, -0.05) is 93.7 Å². The quantitative estimate of drug-likeness (QED) is 0.111. The van der Waals surface area contributed by atoms with Gasteiger partial charge in [0.2, 0.25) is 9.84 Å². The van der Waals surface area contributed by atoms with Crippen molar-refractivity contribution in [1.29, 1.82) is 0 Å². The van der Waals surface area contributed by atoms with Gasteiger partial charge in [-0.25, -0.2) is 17.2 Å². The highest BCUT2D eigenvalue weighted by molar-refractivity contribution is 7.91. The summed E-state index contributed by atoms with van der Waals surface area (Å²) < 4.78 is 52.0. The fourth-order valence-electron chi connectivity index (χ4n) is 7.53. The number of hydrogen-bond donors (Lipinski definition) is 1. The number of nitrogens with zero attached hydrogens (tertiary/aromatic N) is 6. The highest BCUT2D eigenvalue weighted by atomic mass is 35.5. The summed E-state index contributed by atoms with van der Waals surface area (Å²) in [5, 5.41) is 18.0. The Morgan fingerprint density at radius 1 is 0.615 bits per heavy atom. The minimum Gasteiger partial charge on any atom is -0.369 e. The van der Waals surface area contributed by atoms with Gasteiger partial charge in [0.15, 0.2) is 5.03 Å². The Balaban J connectivity index is 0.000000243. The van der Waals surface area contributed by atoms with E-state index in [1.54, 1.807) is 18.2 Å². The van der Waals surface area contributed by atoms with Gasteiger partial charge in [-0.2, -0.15) is 5.10 Å². The number of non-ortho nitro benzene ring substituents is 1. The zero-order valence-corrected chi connectivity index (χ0v) is 36.5. The topological polar surface area (TPSA) is 119 Å². The molecule has 11 nitrogen and oxygen atoms in total. The van der Waals surface area contributed by atoms with Gasteiger partial charge >= 0.3 is 0 Å². The van der Waals surface area contributed by atoms with Gasteiger partial charge in [0, 0.05) is 94.3 Å². The molecule has 2 fully saturated rings. The van der Waals surface area contributed by atoms with E-state index in [-0.39, 0.29) is 53.6 Å². The summed E-state index contributed by atoms with van der Waals surface area (Å²) in [7, 11) is -3.92. The van der Waals surface area contributed by atoms with Gasteiger partial charge in [-0.3, -0.25) is 25.0 Å². The molecule has 0 aliphatic carbocycles. The number of benzene rings is 6. The zero-order valence-electron chi connectivity index (χ0n) is 34.9. The number of nitro benzene ring substituents is 1. The average Bonchev–Trinajstić information content (AvgIpc) is 3.73. The number of rotatable bonds is 9. The minimum absolute atomic E-state index is 0. The fraction of sp³-hybridized carbons (Fsp3) is 0.260. The van der Waals surface area contributed by atoms with Crippen LogP contribution < -0.4 is 9.80 Å². The molecule has 15 heteroatoms. The van der Waals surface area contributed by atoms with Crippen molar-refractivity contribution >= 4 is 50.2 Å². The normalized spacial score (nSPS) is 14.0. The van der Waals surface area contributed by atoms with Crippen LogP contribution in [-0.4, -0.2) is 85.7 Å². The summed E-state index contributed by atoms with van der Waals surface area (Å²) in [6, 6.07) is 44.9. The van der Waals surface area contributed by atoms with Crippen LogP contribution >= 0.6 is 12.4 Å². The Labute approximate surface area is 387 Å². The lowest BCUT2D eigenvalue weighted by Crippen LogP contribution is -2.45. The fourth-order valence-corrected chi connectivity index (χ4v) is 8.91. The summed E-state index contributed by atoms with van der Waals surface area (Å²) >= 11 is 0. The van der Waals surface area contributed by atoms with Gasteiger partial charge in [0.25, 0.3) is 5.69 Å². The van der Waals surface area contributed by atoms with E-state index in [9.17, 15) is 27.3 Å². The van der Waals surface area contributed by atoms with Crippen molar-refractivity contribution in [2.24, 2.45) is 0 Å². The molecule has 0 radical (unpaired) electrons. The van der Waals surface area contributed by atoms with E-state index in [1.807, 2.05) is 55.5 Å². The molecule has 6 aromatic carbocycles. The van der Waals surface area contributed by atoms with E-state index < -0.39 is 15.7 Å². The summed E-state index contributed by atoms with van der Waals surface area (Å²) in [6.45, 7) is 11.2. The van der Waals surface area contributed by atoms with Gasteiger partial charge in [-0.05, 0) is 84.3 Å². The lowest BCUT2D eigenvalue weighted by molar-refractivity contribution is -0.384. The molecule has 2 saturated heterocycles. The third-order valence-electron chi connectivity index (χ3n) is 10.9. The van der Waals surface area contributed by atoms with E-state index in [1.165, 1.54) is 41.5 Å². The smallest absolute Gasteiger partial charge is 0.269 e. The third-order valence-corrected chi connectivity index (χ3v) is 12.6. The number of fused-ring (bicyclic) bond motifs is 1. The lowest BCUT2D eigenvalue weighted by atomic mass is 10.1. The molecule has 1 aromatic heterocycles. The van der Waals surface area contributed by atoms with Crippen molar-refractivity contribution in [1.82, 2.24) is 20.0 Å². The number of H-pyrrole nitrogens is 1. The number of nitrogens with one attached hydrogen (secondary N) is 1.